The van der Waals surface area contributed by atoms with Crippen LogP contribution in [0.25, 0.3) is 0 Å². The highest BCUT2D eigenvalue weighted by Crippen LogP contribution is 2.09. The molecule has 115 valence electrons. The first kappa shape index (κ1) is 19.7. The van der Waals surface area contributed by atoms with Crippen LogP contribution < -0.4 is 0 Å². The van der Waals surface area contributed by atoms with E-state index in [4.69, 9.17) is 5.11 Å². The summed E-state index contributed by atoms with van der Waals surface area (Å²) < 4.78 is 0. The molecule has 0 bridgehead atoms. The number of carbonyl (C=O) groups is 1. The lowest BCUT2D eigenvalue weighted by molar-refractivity contribution is 0.219. The van der Waals surface area contributed by atoms with Gasteiger partial charge in [-0.05, 0) is 25.7 Å². The SMILES string of the molecule is CCCCCCCC/C=C\CCCCC[CH2][Al][C](=O)O. The number of allylic oxidation sites excluding steroid dienone is 2. The van der Waals surface area contributed by atoms with E-state index in [-0.39, 0.29) is 15.2 Å². The maximum Gasteiger partial charge on any atom is 0.385 e. The summed E-state index contributed by atoms with van der Waals surface area (Å²) in [6, 6.07) is 0. The smallest absolute Gasteiger partial charge is 0.385 e. The van der Waals surface area contributed by atoms with Crippen molar-refractivity contribution in [2.75, 3.05) is 0 Å². The largest absolute Gasteiger partial charge is 0.497 e. The van der Waals surface area contributed by atoms with Crippen LogP contribution in [0.1, 0.15) is 84.0 Å². The molecule has 0 spiro atoms. The van der Waals surface area contributed by atoms with Crippen LogP contribution in [0.4, 0.5) is 4.79 Å². The van der Waals surface area contributed by atoms with E-state index >= 15 is 0 Å². The average Bonchev–Trinajstić information content (AvgIpc) is 2.43. The normalized spacial score (nSPS) is 11.1. The third-order valence-electron chi connectivity index (χ3n) is 3.53. The summed E-state index contributed by atoms with van der Waals surface area (Å²) in [6.07, 6.45) is 20.2. The first-order valence-electron chi connectivity index (χ1n) is 8.48. The van der Waals surface area contributed by atoms with Crippen molar-refractivity contribution in [3.8, 4) is 0 Å². The molecule has 20 heavy (non-hydrogen) atoms. The molecule has 0 aromatic carbocycles. The minimum atomic E-state index is -0.581. The molecule has 1 radical (unpaired) electrons. The highest BCUT2D eigenvalue weighted by atomic mass is 27.1. The number of rotatable bonds is 15. The molecule has 2 nitrogen and oxygen atoms in total. The van der Waals surface area contributed by atoms with Crippen molar-refractivity contribution in [3.05, 3.63) is 12.2 Å². The molecule has 3 heteroatoms. The van der Waals surface area contributed by atoms with Gasteiger partial charge in [0.15, 0.2) is 4.83 Å². The minimum Gasteiger partial charge on any atom is -0.497 e. The summed E-state index contributed by atoms with van der Waals surface area (Å²) >= 11 is -0.355. The molecule has 0 aliphatic heterocycles. The van der Waals surface area contributed by atoms with E-state index in [9.17, 15) is 4.79 Å². The number of hydrogen-bond acceptors (Lipinski definition) is 1. The van der Waals surface area contributed by atoms with E-state index in [1.807, 2.05) is 0 Å². The Morgan fingerprint density at radius 3 is 1.90 bits per heavy atom. The van der Waals surface area contributed by atoms with Crippen LogP contribution in [0.2, 0.25) is 5.28 Å². The Labute approximate surface area is 131 Å². The van der Waals surface area contributed by atoms with E-state index in [1.165, 1.54) is 70.6 Å². The highest BCUT2D eigenvalue weighted by molar-refractivity contribution is 6.71. The zero-order chi connectivity index (χ0) is 14.9. The van der Waals surface area contributed by atoms with Gasteiger partial charge in [-0.2, -0.15) is 0 Å². The van der Waals surface area contributed by atoms with Crippen molar-refractivity contribution >= 4 is 20.1 Å². The second-order valence-electron chi connectivity index (χ2n) is 5.56. The molecule has 0 aromatic rings. The maximum absolute atomic E-state index is 10.4. The van der Waals surface area contributed by atoms with Gasteiger partial charge in [0.2, 0.25) is 0 Å². The Morgan fingerprint density at radius 2 is 1.35 bits per heavy atom. The van der Waals surface area contributed by atoms with Gasteiger partial charge in [-0.15, -0.1) is 0 Å². The van der Waals surface area contributed by atoms with Crippen molar-refractivity contribution in [2.24, 2.45) is 0 Å². The molecule has 0 aliphatic carbocycles. The van der Waals surface area contributed by atoms with Crippen LogP contribution in [-0.4, -0.2) is 25.2 Å². The molecule has 0 saturated carbocycles. The van der Waals surface area contributed by atoms with Gasteiger partial charge in [0.05, 0.1) is 0 Å². The Hall–Kier alpha value is -0.258. The van der Waals surface area contributed by atoms with Crippen LogP contribution >= 0.6 is 0 Å². The average molecular weight is 295 g/mol. The summed E-state index contributed by atoms with van der Waals surface area (Å²) in [6.45, 7) is 2.26. The van der Waals surface area contributed by atoms with E-state index in [0.717, 1.165) is 11.7 Å². The van der Waals surface area contributed by atoms with Crippen molar-refractivity contribution in [3.63, 3.8) is 0 Å². The standard InChI is InChI=1S/C16H31.CHO2.Al/c1-3-5-7-9-11-13-15-16-14-12-10-8-6-4-2;2-1-3;/h13,15H,1,3-12,14,16H2,2H3;(H,2,3);/b15-13-;;. The van der Waals surface area contributed by atoms with E-state index in [2.05, 4.69) is 19.1 Å². The van der Waals surface area contributed by atoms with Gasteiger partial charge >= 0.3 is 15.2 Å². The van der Waals surface area contributed by atoms with E-state index < -0.39 is 4.83 Å². The summed E-state index contributed by atoms with van der Waals surface area (Å²) in [5.74, 6) is 0. The van der Waals surface area contributed by atoms with Gasteiger partial charge < -0.3 is 5.11 Å². The molecule has 0 fully saturated rings. The molecule has 0 rings (SSSR count). The lowest BCUT2D eigenvalue weighted by Crippen LogP contribution is -2.03. The van der Waals surface area contributed by atoms with Gasteiger partial charge in [0.1, 0.15) is 0 Å². The molecule has 1 N–H and O–H groups in total. The summed E-state index contributed by atoms with van der Waals surface area (Å²) in [7, 11) is 0. The Kier molecular flexibility index (Phi) is 16.6. The quantitative estimate of drug-likeness (QED) is 0.227. The summed E-state index contributed by atoms with van der Waals surface area (Å²) in [5.41, 5.74) is 0. The topological polar surface area (TPSA) is 37.3 Å². The van der Waals surface area contributed by atoms with Crippen LogP contribution in [0.3, 0.4) is 0 Å². The summed E-state index contributed by atoms with van der Waals surface area (Å²) in [4.78, 5) is 9.78. The van der Waals surface area contributed by atoms with E-state index in [1.54, 1.807) is 0 Å². The van der Waals surface area contributed by atoms with Crippen LogP contribution in [0.5, 0.6) is 0 Å². The zero-order valence-corrected chi connectivity index (χ0v) is 14.4. The lowest BCUT2D eigenvalue weighted by atomic mass is 10.1. The van der Waals surface area contributed by atoms with Crippen LogP contribution in [0, 0.1) is 0 Å². The fourth-order valence-electron chi connectivity index (χ4n) is 2.26. The molecule has 0 atom stereocenters. The Morgan fingerprint density at radius 1 is 0.850 bits per heavy atom. The van der Waals surface area contributed by atoms with Crippen LogP contribution in [-0.2, 0) is 0 Å². The van der Waals surface area contributed by atoms with Gasteiger partial charge in [-0.3, -0.25) is 4.79 Å². The Bertz CT molecular complexity index is 239. The monoisotopic (exact) mass is 295 g/mol. The first-order valence-corrected chi connectivity index (χ1v) is 9.88. The highest BCUT2D eigenvalue weighted by Gasteiger charge is 2.00. The summed E-state index contributed by atoms with van der Waals surface area (Å²) in [5, 5.41) is 9.47. The third-order valence-corrected chi connectivity index (χ3v) is 4.58. The van der Waals surface area contributed by atoms with Crippen molar-refractivity contribution < 1.29 is 9.90 Å². The predicted molar refractivity (Wildman–Crippen MR) is 88.8 cm³/mol. The zero-order valence-electron chi connectivity index (χ0n) is 13.3. The fraction of sp³-hybridized carbons (Fsp3) is 0.824. The third kappa shape index (κ3) is 17.7. The maximum atomic E-state index is 10.4. The molecule has 0 heterocycles. The van der Waals surface area contributed by atoms with Crippen molar-refractivity contribution in [1.82, 2.24) is 0 Å². The number of unbranched alkanes of at least 4 members (excludes halogenated alkanes) is 10. The molecule has 0 unspecified atom stereocenters. The Balaban J connectivity index is 3.07. The second-order valence-corrected chi connectivity index (χ2v) is 7.04. The molecule has 0 saturated heterocycles. The first-order chi connectivity index (χ1) is 9.77. The van der Waals surface area contributed by atoms with Crippen molar-refractivity contribution in [2.45, 2.75) is 89.3 Å². The lowest BCUT2D eigenvalue weighted by Gasteiger charge is -1.98. The predicted octanol–water partition coefficient (Wildman–Crippen LogP) is 6.04. The number of hydrogen-bond donors (Lipinski definition) is 1. The molecule has 0 amide bonds. The van der Waals surface area contributed by atoms with Gasteiger partial charge in [-0.25, -0.2) is 0 Å². The number of carboxylic acid groups (broad SMARTS) is 1. The van der Waals surface area contributed by atoms with Crippen molar-refractivity contribution in [1.29, 1.82) is 0 Å². The van der Waals surface area contributed by atoms with E-state index in [0.29, 0.717) is 0 Å². The molecule has 0 aromatic heterocycles. The van der Waals surface area contributed by atoms with Gasteiger partial charge in [-0.1, -0.05) is 75.7 Å². The van der Waals surface area contributed by atoms with Crippen LogP contribution in [0.15, 0.2) is 12.2 Å². The van der Waals surface area contributed by atoms with Gasteiger partial charge in [0.25, 0.3) is 0 Å². The second kappa shape index (κ2) is 16.8. The van der Waals surface area contributed by atoms with Gasteiger partial charge in [0, 0.05) is 0 Å². The minimum absolute atomic E-state index is 0.355. The molecular weight excluding hydrogens is 263 g/mol. The molecular formula is C17H32AlO2. The fourth-order valence-corrected chi connectivity index (χ4v) is 3.00. The molecule has 0 aliphatic rings.